The monoisotopic (exact) mass is 267 g/mol. The number of hydrogen-bond acceptors (Lipinski definition) is 3. The summed E-state index contributed by atoms with van der Waals surface area (Å²) in [5.41, 5.74) is 2.11. The first-order valence-electron chi connectivity index (χ1n) is 6.35. The van der Waals surface area contributed by atoms with Crippen LogP contribution in [0.4, 0.5) is 5.69 Å². The molecule has 3 rings (SSSR count). The van der Waals surface area contributed by atoms with E-state index in [1.807, 2.05) is 0 Å². The lowest BCUT2D eigenvalue weighted by Crippen LogP contribution is -2.29. The summed E-state index contributed by atoms with van der Waals surface area (Å²) in [6.45, 7) is 1.66. The molecule has 1 heterocycles. The third kappa shape index (κ3) is 1.82. The predicted molar refractivity (Wildman–Crippen MR) is 74.7 cm³/mol. The van der Waals surface area contributed by atoms with Crippen molar-refractivity contribution in [2.45, 2.75) is 13.0 Å². The summed E-state index contributed by atoms with van der Waals surface area (Å²) in [5, 5.41) is 9.48. The van der Waals surface area contributed by atoms with Crippen LogP contribution >= 0.6 is 0 Å². The topological polar surface area (TPSA) is 57.6 Å². The quantitative estimate of drug-likeness (QED) is 0.851. The largest absolute Gasteiger partial charge is 0.389 e. The van der Waals surface area contributed by atoms with E-state index < -0.39 is 6.10 Å². The number of aliphatic hydroxyl groups is 1. The fourth-order valence-corrected chi connectivity index (χ4v) is 2.33. The molecule has 2 amide bonds. The third-order valence-corrected chi connectivity index (χ3v) is 3.43. The molecule has 0 aromatic heterocycles. The van der Waals surface area contributed by atoms with Crippen LogP contribution in [0.15, 0.2) is 48.5 Å². The minimum Gasteiger partial charge on any atom is -0.389 e. The number of aliphatic hydroxyl groups excluding tert-OH is 1. The Hall–Kier alpha value is -2.46. The van der Waals surface area contributed by atoms with Crippen LogP contribution in [-0.2, 0) is 0 Å². The van der Waals surface area contributed by atoms with Crippen molar-refractivity contribution in [3.8, 4) is 0 Å². The molecule has 1 aliphatic heterocycles. The molecule has 0 bridgehead atoms. The van der Waals surface area contributed by atoms with E-state index in [4.69, 9.17) is 0 Å². The van der Waals surface area contributed by atoms with E-state index in [9.17, 15) is 14.7 Å². The Balaban J connectivity index is 2.00. The Morgan fingerprint density at radius 1 is 0.900 bits per heavy atom. The lowest BCUT2D eigenvalue weighted by Gasteiger charge is -2.14. The van der Waals surface area contributed by atoms with Gasteiger partial charge in [-0.15, -0.1) is 0 Å². The highest BCUT2D eigenvalue weighted by atomic mass is 16.3. The SMILES string of the molecule is CC(O)c1ccc(N2C(=O)c3ccccc3C2=O)cc1. The molecule has 2 aromatic carbocycles. The molecule has 1 aliphatic rings. The zero-order valence-electron chi connectivity index (χ0n) is 10.9. The zero-order valence-corrected chi connectivity index (χ0v) is 10.9. The molecule has 1 unspecified atom stereocenters. The molecule has 0 aliphatic carbocycles. The van der Waals surface area contributed by atoms with Gasteiger partial charge in [0.05, 0.1) is 22.9 Å². The molecular weight excluding hydrogens is 254 g/mol. The molecule has 4 heteroatoms. The number of anilines is 1. The highest BCUT2D eigenvalue weighted by molar-refractivity contribution is 6.34. The number of fused-ring (bicyclic) bond motifs is 1. The van der Waals surface area contributed by atoms with Crippen LogP contribution in [0.25, 0.3) is 0 Å². The van der Waals surface area contributed by atoms with Gasteiger partial charge < -0.3 is 5.11 Å². The van der Waals surface area contributed by atoms with Gasteiger partial charge in [0.15, 0.2) is 0 Å². The van der Waals surface area contributed by atoms with Crippen LogP contribution in [0.2, 0.25) is 0 Å². The van der Waals surface area contributed by atoms with Crippen LogP contribution in [0.1, 0.15) is 39.3 Å². The first-order valence-corrected chi connectivity index (χ1v) is 6.35. The Morgan fingerprint density at radius 2 is 1.40 bits per heavy atom. The number of rotatable bonds is 2. The lowest BCUT2D eigenvalue weighted by atomic mass is 10.1. The molecule has 0 spiro atoms. The van der Waals surface area contributed by atoms with Gasteiger partial charge in [0.2, 0.25) is 0 Å². The smallest absolute Gasteiger partial charge is 0.266 e. The van der Waals surface area contributed by atoms with Gasteiger partial charge in [-0.3, -0.25) is 9.59 Å². The second-order valence-corrected chi connectivity index (χ2v) is 4.76. The van der Waals surface area contributed by atoms with Crippen molar-refractivity contribution in [1.82, 2.24) is 0 Å². The van der Waals surface area contributed by atoms with Crippen LogP contribution in [0.3, 0.4) is 0 Å². The highest BCUT2D eigenvalue weighted by Gasteiger charge is 2.36. The number of nitrogens with zero attached hydrogens (tertiary/aromatic N) is 1. The molecule has 0 fully saturated rings. The van der Waals surface area contributed by atoms with Crippen molar-refractivity contribution in [2.24, 2.45) is 0 Å². The Kier molecular flexibility index (Phi) is 2.88. The summed E-state index contributed by atoms with van der Waals surface area (Å²) in [6.07, 6.45) is -0.578. The molecule has 0 saturated heterocycles. The number of imide groups is 1. The number of carbonyl (C=O) groups excluding carboxylic acids is 2. The minimum absolute atomic E-state index is 0.310. The Morgan fingerprint density at radius 3 is 1.85 bits per heavy atom. The van der Waals surface area contributed by atoms with Crippen molar-refractivity contribution >= 4 is 17.5 Å². The average molecular weight is 267 g/mol. The first kappa shape index (κ1) is 12.6. The van der Waals surface area contributed by atoms with Gasteiger partial charge in [-0.25, -0.2) is 4.90 Å². The van der Waals surface area contributed by atoms with Crippen molar-refractivity contribution in [1.29, 1.82) is 0 Å². The summed E-state index contributed by atoms with van der Waals surface area (Å²) in [7, 11) is 0. The molecule has 0 saturated carbocycles. The molecule has 1 atom stereocenters. The molecule has 2 aromatic rings. The van der Waals surface area contributed by atoms with Gasteiger partial charge in [0.1, 0.15) is 0 Å². The van der Waals surface area contributed by atoms with E-state index in [2.05, 4.69) is 0 Å². The van der Waals surface area contributed by atoms with Crippen LogP contribution in [0, 0.1) is 0 Å². The summed E-state index contributed by atoms with van der Waals surface area (Å²) >= 11 is 0. The van der Waals surface area contributed by atoms with Crippen LogP contribution < -0.4 is 4.90 Å². The second-order valence-electron chi connectivity index (χ2n) is 4.76. The Labute approximate surface area is 116 Å². The van der Waals surface area contributed by atoms with E-state index in [0.717, 1.165) is 10.5 Å². The lowest BCUT2D eigenvalue weighted by molar-refractivity contribution is 0.0926. The normalized spacial score (nSPS) is 15.4. The molecule has 100 valence electrons. The highest BCUT2D eigenvalue weighted by Crippen LogP contribution is 2.28. The third-order valence-electron chi connectivity index (χ3n) is 3.43. The standard InChI is InChI=1S/C16H13NO3/c1-10(18)11-6-8-12(9-7-11)17-15(19)13-4-2-3-5-14(13)16(17)20/h2-10,18H,1H3. The first-order chi connectivity index (χ1) is 9.59. The maximum Gasteiger partial charge on any atom is 0.266 e. The molecule has 4 nitrogen and oxygen atoms in total. The summed E-state index contributed by atoms with van der Waals surface area (Å²) in [5.74, 6) is -0.620. The zero-order chi connectivity index (χ0) is 14.3. The average Bonchev–Trinajstić information content (AvgIpc) is 2.72. The van der Waals surface area contributed by atoms with Gasteiger partial charge in [-0.2, -0.15) is 0 Å². The van der Waals surface area contributed by atoms with Crippen molar-refractivity contribution in [3.63, 3.8) is 0 Å². The van der Waals surface area contributed by atoms with Crippen molar-refractivity contribution in [3.05, 3.63) is 65.2 Å². The summed E-state index contributed by atoms with van der Waals surface area (Å²) in [4.78, 5) is 25.7. The summed E-state index contributed by atoms with van der Waals surface area (Å²) < 4.78 is 0. The van der Waals surface area contributed by atoms with Gasteiger partial charge >= 0.3 is 0 Å². The van der Waals surface area contributed by atoms with E-state index in [0.29, 0.717) is 16.8 Å². The summed E-state index contributed by atoms with van der Waals surface area (Å²) in [6, 6.07) is 13.5. The predicted octanol–water partition coefficient (Wildman–Crippen LogP) is 2.54. The maximum absolute atomic E-state index is 12.3. The number of hydrogen-bond donors (Lipinski definition) is 1. The number of amides is 2. The van der Waals surface area contributed by atoms with Gasteiger partial charge in [0.25, 0.3) is 11.8 Å². The molecule has 1 N–H and O–H groups in total. The minimum atomic E-state index is -0.578. The second kappa shape index (κ2) is 4.58. The fraction of sp³-hybridized carbons (Fsp3) is 0.125. The number of carbonyl (C=O) groups is 2. The number of benzene rings is 2. The fourth-order valence-electron chi connectivity index (χ4n) is 2.33. The van der Waals surface area contributed by atoms with Crippen LogP contribution in [0.5, 0.6) is 0 Å². The van der Waals surface area contributed by atoms with E-state index in [1.165, 1.54) is 0 Å². The molecular formula is C16H13NO3. The molecule has 20 heavy (non-hydrogen) atoms. The van der Waals surface area contributed by atoms with E-state index >= 15 is 0 Å². The van der Waals surface area contributed by atoms with Crippen LogP contribution in [-0.4, -0.2) is 16.9 Å². The Bertz CT molecular complexity index is 654. The van der Waals surface area contributed by atoms with Crippen molar-refractivity contribution < 1.29 is 14.7 Å². The van der Waals surface area contributed by atoms with Gasteiger partial charge in [-0.05, 0) is 36.8 Å². The van der Waals surface area contributed by atoms with E-state index in [1.54, 1.807) is 55.5 Å². The van der Waals surface area contributed by atoms with E-state index in [-0.39, 0.29) is 11.8 Å². The van der Waals surface area contributed by atoms with Crippen molar-refractivity contribution in [2.75, 3.05) is 4.90 Å². The van der Waals surface area contributed by atoms with Gasteiger partial charge in [-0.1, -0.05) is 24.3 Å². The van der Waals surface area contributed by atoms with Gasteiger partial charge in [0, 0.05) is 0 Å². The maximum atomic E-state index is 12.3. The molecule has 0 radical (unpaired) electrons.